The van der Waals surface area contributed by atoms with E-state index in [-0.39, 0.29) is 29.7 Å². The van der Waals surface area contributed by atoms with Crippen molar-refractivity contribution in [2.75, 3.05) is 11.1 Å². The minimum Gasteiger partial charge on any atom is -0.506 e. The third-order valence-electron chi connectivity index (χ3n) is 3.23. The summed E-state index contributed by atoms with van der Waals surface area (Å²) in [4.78, 5) is 15.9. The number of aryl methyl sites for hydroxylation is 1. The average molecular weight is 336 g/mol. The van der Waals surface area contributed by atoms with Gasteiger partial charge >= 0.3 is 0 Å². The molecule has 0 aliphatic rings. The zero-order valence-electron chi connectivity index (χ0n) is 12.5. The Morgan fingerprint density at radius 3 is 2.83 bits per heavy atom. The Balaban J connectivity index is 1.91. The highest BCUT2D eigenvalue weighted by atomic mass is 32.2. The normalized spacial score (nSPS) is 10.6. The number of rotatable bonds is 6. The number of pyridine rings is 1. The lowest BCUT2D eigenvalue weighted by Crippen LogP contribution is -2.15. The smallest absolute Gasteiger partial charge is 0.234 e. The zero-order chi connectivity index (χ0) is 16.8. The summed E-state index contributed by atoms with van der Waals surface area (Å²) in [5.74, 6) is -0.313. The van der Waals surface area contributed by atoms with Gasteiger partial charge in [0.2, 0.25) is 5.91 Å². The van der Waals surface area contributed by atoms with E-state index in [1.54, 1.807) is 25.3 Å². The summed E-state index contributed by atoms with van der Waals surface area (Å²) in [6.45, 7) is 1.35. The zero-order valence-corrected chi connectivity index (χ0v) is 13.4. The molecule has 0 aliphatic heterocycles. The van der Waals surface area contributed by atoms with Gasteiger partial charge in [-0.2, -0.15) is 0 Å². The van der Waals surface area contributed by atoms with Crippen LogP contribution in [0.2, 0.25) is 0 Å². The van der Waals surface area contributed by atoms with Crippen LogP contribution in [0.1, 0.15) is 16.8 Å². The third kappa shape index (κ3) is 4.43. The summed E-state index contributed by atoms with van der Waals surface area (Å²) in [6.07, 6.45) is 1.57. The number of amides is 1. The second kappa shape index (κ2) is 7.94. The SMILES string of the molecule is Cc1ncc(CSCC(=O)Nc2ccccc2F)c(CO)c1O. The van der Waals surface area contributed by atoms with Crippen molar-refractivity contribution in [2.45, 2.75) is 19.3 Å². The molecule has 0 spiro atoms. The fraction of sp³-hybridized carbons (Fsp3) is 0.250. The van der Waals surface area contributed by atoms with E-state index in [1.807, 2.05) is 0 Å². The predicted molar refractivity (Wildman–Crippen MR) is 87.8 cm³/mol. The fourth-order valence-electron chi connectivity index (χ4n) is 1.99. The number of hydrogen-bond donors (Lipinski definition) is 3. The molecule has 0 unspecified atom stereocenters. The van der Waals surface area contributed by atoms with Gasteiger partial charge in [-0.25, -0.2) is 4.39 Å². The molecule has 1 aromatic carbocycles. The minimum absolute atomic E-state index is 0.0265. The van der Waals surface area contributed by atoms with Crippen LogP contribution < -0.4 is 5.32 Å². The van der Waals surface area contributed by atoms with Gasteiger partial charge < -0.3 is 15.5 Å². The molecule has 2 aromatic rings. The Labute approximate surface area is 137 Å². The summed E-state index contributed by atoms with van der Waals surface area (Å²) < 4.78 is 13.4. The fourth-order valence-corrected chi connectivity index (χ4v) is 2.82. The number of aliphatic hydroxyl groups is 1. The van der Waals surface area contributed by atoms with Crippen LogP contribution in [0.3, 0.4) is 0 Å². The van der Waals surface area contributed by atoms with Crippen LogP contribution in [0.25, 0.3) is 0 Å². The number of benzene rings is 1. The quantitative estimate of drug-likeness (QED) is 0.755. The van der Waals surface area contributed by atoms with Gasteiger partial charge in [-0.15, -0.1) is 11.8 Å². The van der Waals surface area contributed by atoms with Crippen LogP contribution in [0.15, 0.2) is 30.5 Å². The van der Waals surface area contributed by atoms with Crippen molar-refractivity contribution in [1.29, 1.82) is 0 Å². The van der Waals surface area contributed by atoms with E-state index in [9.17, 15) is 19.4 Å². The van der Waals surface area contributed by atoms with E-state index >= 15 is 0 Å². The molecular weight excluding hydrogens is 319 g/mol. The molecule has 0 saturated carbocycles. The van der Waals surface area contributed by atoms with Crippen LogP contribution in [0.4, 0.5) is 10.1 Å². The first kappa shape index (κ1) is 17.2. The van der Waals surface area contributed by atoms with Crippen molar-refractivity contribution < 1.29 is 19.4 Å². The summed E-state index contributed by atoms with van der Waals surface area (Å²) in [7, 11) is 0. The number of halogens is 1. The molecular formula is C16H17FN2O3S. The van der Waals surface area contributed by atoms with Gasteiger partial charge in [0.1, 0.15) is 11.6 Å². The number of aromatic nitrogens is 1. The standard InChI is InChI=1S/C16H17FN2O3S/c1-10-16(22)12(7-20)11(6-18-10)8-23-9-15(21)19-14-5-3-2-4-13(14)17/h2-6,20,22H,7-9H2,1H3,(H,19,21). The van der Waals surface area contributed by atoms with Gasteiger partial charge in [-0.3, -0.25) is 9.78 Å². The number of carbonyl (C=O) groups is 1. The Kier molecular flexibility index (Phi) is 5.95. The lowest BCUT2D eigenvalue weighted by molar-refractivity contribution is -0.113. The summed E-state index contributed by atoms with van der Waals surface area (Å²) in [5, 5.41) is 21.7. The van der Waals surface area contributed by atoms with Gasteiger partial charge in [0.25, 0.3) is 0 Å². The van der Waals surface area contributed by atoms with Crippen molar-refractivity contribution in [2.24, 2.45) is 0 Å². The first-order chi connectivity index (χ1) is 11.0. The molecule has 0 bridgehead atoms. The Hall–Kier alpha value is -2.12. The first-order valence-corrected chi connectivity index (χ1v) is 8.07. The molecule has 0 radical (unpaired) electrons. The molecule has 0 saturated heterocycles. The third-order valence-corrected chi connectivity index (χ3v) is 4.21. The number of aliphatic hydroxyl groups excluding tert-OH is 1. The highest BCUT2D eigenvalue weighted by molar-refractivity contribution is 7.99. The second-order valence-electron chi connectivity index (χ2n) is 4.87. The second-order valence-corrected chi connectivity index (χ2v) is 5.86. The van der Waals surface area contributed by atoms with Crippen molar-refractivity contribution in [3.05, 3.63) is 53.1 Å². The summed E-state index contributed by atoms with van der Waals surface area (Å²) >= 11 is 1.29. The van der Waals surface area contributed by atoms with E-state index in [4.69, 9.17) is 0 Å². The van der Waals surface area contributed by atoms with Crippen LogP contribution in [0, 0.1) is 12.7 Å². The van der Waals surface area contributed by atoms with E-state index in [0.29, 0.717) is 22.6 Å². The summed E-state index contributed by atoms with van der Waals surface area (Å²) in [5.41, 5.74) is 1.67. The molecule has 1 heterocycles. The molecule has 1 aromatic heterocycles. The Morgan fingerprint density at radius 2 is 2.13 bits per heavy atom. The average Bonchev–Trinajstić information content (AvgIpc) is 2.53. The molecule has 1 amide bonds. The molecule has 2 rings (SSSR count). The molecule has 122 valence electrons. The van der Waals surface area contributed by atoms with Gasteiger partial charge in [0.15, 0.2) is 0 Å². The van der Waals surface area contributed by atoms with Crippen molar-refractivity contribution in [1.82, 2.24) is 4.98 Å². The first-order valence-electron chi connectivity index (χ1n) is 6.92. The van der Waals surface area contributed by atoms with E-state index in [2.05, 4.69) is 10.3 Å². The number of thioether (sulfide) groups is 1. The van der Waals surface area contributed by atoms with Crippen molar-refractivity contribution >= 4 is 23.4 Å². The van der Waals surface area contributed by atoms with E-state index < -0.39 is 5.82 Å². The van der Waals surface area contributed by atoms with Gasteiger partial charge in [0, 0.05) is 17.5 Å². The highest BCUT2D eigenvalue weighted by Crippen LogP contribution is 2.26. The Morgan fingerprint density at radius 1 is 1.39 bits per heavy atom. The lowest BCUT2D eigenvalue weighted by atomic mass is 10.1. The largest absolute Gasteiger partial charge is 0.506 e. The molecule has 23 heavy (non-hydrogen) atoms. The monoisotopic (exact) mass is 336 g/mol. The number of nitrogens with zero attached hydrogens (tertiary/aromatic N) is 1. The molecule has 0 atom stereocenters. The topological polar surface area (TPSA) is 82.5 Å². The Bertz CT molecular complexity index is 710. The van der Waals surface area contributed by atoms with Gasteiger partial charge in [-0.1, -0.05) is 12.1 Å². The highest BCUT2D eigenvalue weighted by Gasteiger charge is 2.12. The molecule has 3 N–H and O–H groups in total. The number of carbonyl (C=O) groups excluding carboxylic acids is 1. The summed E-state index contributed by atoms with van der Waals surface area (Å²) in [6, 6.07) is 5.95. The number of hydrogen-bond acceptors (Lipinski definition) is 5. The van der Waals surface area contributed by atoms with Crippen LogP contribution in [0.5, 0.6) is 5.75 Å². The van der Waals surface area contributed by atoms with Crippen molar-refractivity contribution in [3.8, 4) is 5.75 Å². The molecule has 0 fully saturated rings. The number of para-hydroxylation sites is 1. The van der Waals surface area contributed by atoms with E-state index in [1.165, 1.54) is 23.9 Å². The van der Waals surface area contributed by atoms with Crippen LogP contribution in [-0.2, 0) is 17.2 Å². The predicted octanol–water partition coefficient (Wildman–Crippen LogP) is 2.60. The number of aromatic hydroxyl groups is 1. The van der Waals surface area contributed by atoms with E-state index in [0.717, 1.165) is 0 Å². The lowest BCUT2D eigenvalue weighted by Gasteiger charge is -2.11. The van der Waals surface area contributed by atoms with Gasteiger partial charge in [0.05, 0.1) is 23.7 Å². The maximum atomic E-state index is 13.4. The maximum absolute atomic E-state index is 13.4. The number of nitrogens with one attached hydrogen (secondary N) is 1. The van der Waals surface area contributed by atoms with Crippen LogP contribution in [-0.4, -0.2) is 26.9 Å². The van der Waals surface area contributed by atoms with Crippen LogP contribution >= 0.6 is 11.8 Å². The van der Waals surface area contributed by atoms with Gasteiger partial charge in [-0.05, 0) is 24.6 Å². The van der Waals surface area contributed by atoms with Crippen molar-refractivity contribution in [3.63, 3.8) is 0 Å². The maximum Gasteiger partial charge on any atom is 0.234 e. The molecule has 5 nitrogen and oxygen atoms in total. The number of anilines is 1. The molecule has 7 heteroatoms. The molecule has 0 aliphatic carbocycles. The minimum atomic E-state index is -0.485.